The molecule has 0 aromatic carbocycles. The number of carboxylic acids is 1. The average Bonchev–Trinajstić information content (AvgIpc) is 2.14. The molecule has 0 rings (SSSR count). The lowest BCUT2D eigenvalue weighted by atomic mass is 10.2. The van der Waals surface area contributed by atoms with Gasteiger partial charge in [-0.3, -0.25) is 14.5 Å². The molecule has 0 aromatic rings. The predicted molar refractivity (Wildman–Crippen MR) is 71.4 cm³/mol. The van der Waals surface area contributed by atoms with Crippen LogP contribution in [0.1, 0.15) is 27.7 Å². The fraction of sp³-hybridized carbons (Fsp3) is 0.692. The van der Waals surface area contributed by atoms with Crippen molar-refractivity contribution in [3.63, 3.8) is 0 Å². The van der Waals surface area contributed by atoms with Gasteiger partial charge in [-0.05, 0) is 27.7 Å². The number of carboxylic acid groups (broad SMARTS) is 1. The molecular formula is C13H24N2O3. The molecule has 104 valence electrons. The number of hydrogen-bond donors (Lipinski definition) is 1. The van der Waals surface area contributed by atoms with Gasteiger partial charge >= 0.3 is 5.97 Å². The van der Waals surface area contributed by atoms with Gasteiger partial charge in [0, 0.05) is 18.6 Å². The molecule has 0 heterocycles. The minimum Gasteiger partial charge on any atom is -0.480 e. The maximum absolute atomic E-state index is 12.1. The van der Waals surface area contributed by atoms with Crippen molar-refractivity contribution in [2.45, 2.75) is 39.8 Å². The van der Waals surface area contributed by atoms with E-state index in [1.54, 1.807) is 15.9 Å². The van der Waals surface area contributed by atoms with Crippen molar-refractivity contribution in [1.82, 2.24) is 9.80 Å². The smallest absolute Gasteiger partial charge is 0.317 e. The van der Waals surface area contributed by atoms with Crippen LogP contribution in [0.25, 0.3) is 0 Å². The Bertz CT molecular complexity index is 293. The number of hydrogen-bond acceptors (Lipinski definition) is 3. The number of amides is 1. The second-order valence-electron chi connectivity index (χ2n) is 4.84. The maximum atomic E-state index is 12.1. The first-order valence-corrected chi connectivity index (χ1v) is 6.15. The average molecular weight is 256 g/mol. The van der Waals surface area contributed by atoms with Crippen molar-refractivity contribution in [2.24, 2.45) is 0 Å². The molecule has 0 saturated carbocycles. The number of carbonyl (C=O) groups is 2. The van der Waals surface area contributed by atoms with E-state index in [-0.39, 0.29) is 31.1 Å². The molecule has 0 aliphatic rings. The second-order valence-corrected chi connectivity index (χ2v) is 4.84. The van der Waals surface area contributed by atoms with E-state index in [1.165, 1.54) is 0 Å². The fourth-order valence-corrected chi connectivity index (χ4v) is 2.00. The van der Waals surface area contributed by atoms with Gasteiger partial charge in [-0.15, -0.1) is 6.58 Å². The van der Waals surface area contributed by atoms with Gasteiger partial charge in [-0.1, -0.05) is 6.08 Å². The second kappa shape index (κ2) is 7.87. The standard InChI is InChI=1S/C13H24N2O3/c1-6-7-14(9-13(17)18)8-12(16)15(10(2)3)11(4)5/h6,10-11H,1,7-9H2,2-5H3,(H,17,18). The van der Waals surface area contributed by atoms with Crippen LogP contribution in [0.2, 0.25) is 0 Å². The first kappa shape index (κ1) is 16.6. The Morgan fingerprint density at radius 3 is 2.00 bits per heavy atom. The van der Waals surface area contributed by atoms with Crippen molar-refractivity contribution in [1.29, 1.82) is 0 Å². The van der Waals surface area contributed by atoms with Crippen LogP contribution in [0.5, 0.6) is 0 Å². The predicted octanol–water partition coefficient (Wildman–Crippen LogP) is 1.20. The molecule has 1 amide bonds. The Morgan fingerprint density at radius 2 is 1.67 bits per heavy atom. The summed E-state index contributed by atoms with van der Waals surface area (Å²) in [5.74, 6) is -0.992. The molecule has 0 radical (unpaired) electrons. The molecular weight excluding hydrogens is 232 g/mol. The van der Waals surface area contributed by atoms with Crippen molar-refractivity contribution >= 4 is 11.9 Å². The maximum Gasteiger partial charge on any atom is 0.317 e. The zero-order chi connectivity index (χ0) is 14.3. The van der Waals surface area contributed by atoms with Crippen LogP contribution in [0.4, 0.5) is 0 Å². The SMILES string of the molecule is C=CCN(CC(=O)O)CC(=O)N(C(C)C)C(C)C. The van der Waals surface area contributed by atoms with Gasteiger partial charge in [-0.25, -0.2) is 0 Å². The Hall–Kier alpha value is -1.36. The van der Waals surface area contributed by atoms with Crippen LogP contribution in [0.15, 0.2) is 12.7 Å². The Kier molecular flexibility index (Phi) is 7.27. The van der Waals surface area contributed by atoms with E-state index in [9.17, 15) is 9.59 Å². The van der Waals surface area contributed by atoms with E-state index >= 15 is 0 Å². The molecule has 0 fully saturated rings. The highest BCUT2D eigenvalue weighted by atomic mass is 16.4. The molecule has 0 saturated heterocycles. The minimum absolute atomic E-state index is 0.0527. The summed E-state index contributed by atoms with van der Waals surface area (Å²) in [6.45, 7) is 11.7. The monoisotopic (exact) mass is 256 g/mol. The van der Waals surface area contributed by atoms with E-state index < -0.39 is 5.97 Å². The lowest BCUT2D eigenvalue weighted by Crippen LogP contribution is -2.48. The Balaban J connectivity index is 4.64. The third-order valence-corrected chi connectivity index (χ3v) is 2.51. The van der Waals surface area contributed by atoms with Gasteiger partial charge < -0.3 is 10.0 Å². The van der Waals surface area contributed by atoms with Gasteiger partial charge in [0.1, 0.15) is 0 Å². The summed E-state index contributed by atoms with van der Waals surface area (Å²) in [6.07, 6.45) is 1.60. The van der Waals surface area contributed by atoms with E-state index in [0.29, 0.717) is 6.54 Å². The molecule has 0 atom stereocenters. The van der Waals surface area contributed by atoms with Crippen molar-refractivity contribution in [3.8, 4) is 0 Å². The number of rotatable bonds is 8. The molecule has 5 heteroatoms. The molecule has 0 spiro atoms. The zero-order valence-electron chi connectivity index (χ0n) is 11.7. The van der Waals surface area contributed by atoms with Gasteiger partial charge in [0.2, 0.25) is 5.91 Å². The van der Waals surface area contributed by atoms with Gasteiger partial charge in [0.15, 0.2) is 0 Å². The van der Waals surface area contributed by atoms with Crippen LogP contribution < -0.4 is 0 Å². The largest absolute Gasteiger partial charge is 0.480 e. The lowest BCUT2D eigenvalue weighted by Gasteiger charge is -2.32. The van der Waals surface area contributed by atoms with Gasteiger partial charge in [0.05, 0.1) is 13.1 Å². The summed E-state index contributed by atoms with van der Waals surface area (Å²) < 4.78 is 0. The summed E-state index contributed by atoms with van der Waals surface area (Å²) in [6, 6.07) is 0.209. The molecule has 0 aromatic heterocycles. The lowest BCUT2D eigenvalue weighted by molar-refractivity contribution is -0.140. The summed E-state index contributed by atoms with van der Waals surface area (Å²) in [5, 5.41) is 8.78. The van der Waals surface area contributed by atoms with Crippen LogP contribution >= 0.6 is 0 Å². The van der Waals surface area contributed by atoms with E-state index in [4.69, 9.17) is 5.11 Å². The highest BCUT2D eigenvalue weighted by molar-refractivity contribution is 5.79. The van der Waals surface area contributed by atoms with E-state index in [0.717, 1.165) is 0 Å². The van der Waals surface area contributed by atoms with Crippen molar-refractivity contribution in [2.75, 3.05) is 19.6 Å². The van der Waals surface area contributed by atoms with E-state index in [2.05, 4.69) is 6.58 Å². The van der Waals surface area contributed by atoms with Crippen molar-refractivity contribution < 1.29 is 14.7 Å². The van der Waals surface area contributed by atoms with Gasteiger partial charge in [0.25, 0.3) is 0 Å². The quantitative estimate of drug-likeness (QED) is 0.663. The molecule has 0 unspecified atom stereocenters. The highest BCUT2D eigenvalue weighted by Gasteiger charge is 2.22. The highest BCUT2D eigenvalue weighted by Crippen LogP contribution is 2.06. The zero-order valence-corrected chi connectivity index (χ0v) is 11.7. The molecule has 18 heavy (non-hydrogen) atoms. The van der Waals surface area contributed by atoms with Gasteiger partial charge in [-0.2, -0.15) is 0 Å². The minimum atomic E-state index is -0.940. The molecule has 5 nitrogen and oxygen atoms in total. The Labute approximate surface area is 109 Å². The van der Waals surface area contributed by atoms with Crippen LogP contribution in [-0.2, 0) is 9.59 Å². The summed E-state index contributed by atoms with van der Waals surface area (Å²) in [5.41, 5.74) is 0. The molecule has 0 aliphatic heterocycles. The van der Waals surface area contributed by atoms with Crippen LogP contribution in [-0.4, -0.2) is 58.5 Å². The molecule has 1 N–H and O–H groups in total. The third kappa shape index (κ3) is 5.82. The van der Waals surface area contributed by atoms with Crippen LogP contribution in [0, 0.1) is 0 Å². The molecule has 0 bridgehead atoms. The first-order chi connectivity index (χ1) is 8.29. The summed E-state index contributed by atoms with van der Waals surface area (Å²) in [7, 11) is 0. The third-order valence-electron chi connectivity index (χ3n) is 2.51. The normalized spacial score (nSPS) is 11.1. The van der Waals surface area contributed by atoms with Crippen molar-refractivity contribution in [3.05, 3.63) is 12.7 Å². The number of nitrogens with zero attached hydrogens (tertiary/aromatic N) is 2. The number of carbonyl (C=O) groups excluding carboxylic acids is 1. The molecule has 0 aliphatic carbocycles. The fourth-order valence-electron chi connectivity index (χ4n) is 2.00. The Morgan fingerprint density at radius 1 is 1.17 bits per heavy atom. The summed E-state index contributed by atoms with van der Waals surface area (Å²) in [4.78, 5) is 26.2. The van der Waals surface area contributed by atoms with E-state index in [1.807, 2.05) is 27.7 Å². The van der Waals surface area contributed by atoms with Crippen LogP contribution in [0.3, 0.4) is 0 Å². The topological polar surface area (TPSA) is 60.9 Å². The summed E-state index contributed by atoms with van der Waals surface area (Å²) >= 11 is 0. The number of aliphatic carboxylic acids is 1. The first-order valence-electron chi connectivity index (χ1n) is 6.15.